The summed E-state index contributed by atoms with van der Waals surface area (Å²) in [7, 11) is 0. The first kappa shape index (κ1) is 19.4. The molecule has 152 valence electrons. The van der Waals surface area contributed by atoms with Gasteiger partial charge in [0.2, 0.25) is 0 Å². The summed E-state index contributed by atoms with van der Waals surface area (Å²) in [6.07, 6.45) is 4.31. The number of fused-ring (bicyclic) bond motifs is 1. The van der Waals surface area contributed by atoms with Crippen molar-refractivity contribution in [3.8, 4) is 17.1 Å². The van der Waals surface area contributed by atoms with Gasteiger partial charge in [-0.3, -0.25) is 19.0 Å². The van der Waals surface area contributed by atoms with E-state index in [1.54, 1.807) is 41.1 Å². The lowest BCUT2D eigenvalue weighted by Crippen LogP contribution is -2.38. The van der Waals surface area contributed by atoms with E-state index in [4.69, 9.17) is 4.74 Å². The van der Waals surface area contributed by atoms with Gasteiger partial charge in [-0.05, 0) is 31.0 Å². The minimum atomic E-state index is -0.513. The van der Waals surface area contributed by atoms with Gasteiger partial charge in [-0.2, -0.15) is 0 Å². The Kier molecular flexibility index (Phi) is 5.34. The molecule has 1 aliphatic heterocycles. The van der Waals surface area contributed by atoms with Gasteiger partial charge in [0.05, 0.1) is 23.0 Å². The first-order valence-corrected chi connectivity index (χ1v) is 9.49. The normalized spacial score (nSPS) is 15.2. The number of esters is 1. The van der Waals surface area contributed by atoms with Crippen LogP contribution in [0.5, 0.6) is 5.75 Å². The van der Waals surface area contributed by atoms with Crippen LogP contribution in [-0.2, 0) is 11.3 Å². The predicted octanol–water partition coefficient (Wildman–Crippen LogP) is 1.89. The van der Waals surface area contributed by atoms with E-state index in [1.165, 1.54) is 19.3 Å². The lowest BCUT2D eigenvalue weighted by molar-refractivity contribution is -0.131. The maximum absolute atomic E-state index is 12.9. The van der Waals surface area contributed by atoms with Gasteiger partial charge in [0.1, 0.15) is 17.9 Å². The Morgan fingerprint density at radius 2 is 2.03 bits per heavy atom. The van der Waals surface area contributed by atoms with Gasteiger partial charge in [0, 0.05) is 25.7 Å². The number of carbonyl (C=O) groups is 2. The largest absolute Gasteiger partial charge is 0.426 e. The van der Waals surface area contributed by atoms with Crippen molar-refractivity contribution in [1.82, 2.24) is 24.8 Å². The molecule has 1 N–H and O–H groups in total. The third-order valence-corrected chi connectivity index (χ3v) is 4.76. The first-order valence-electron chi connectivity index (χ1n) is 9.49. The number of rotatable bonds is 4. The highest BCUT2D eigenvalue weighted by molar-refractivity contribution is 5.97. The van der Waals surface area contributed by atoms with E-state index < -0.39 is 17.9 Å². The number of para-hydroxylation sites is 1. The standard InChI is InChI=1S/C21H19N5O4/c1-13(27)30-18-7-3-2-5-14(18)21(29)25-16-6-4-10-26-19(28)11-17(24-20(16)26)15-8-9-22-12-23-15/h2-3,5,7-9,11-12,16H,4,6,10H2,1H3,(H,25,29). The molecular weight excluding hydrogens is 386 g/mol. The van der Waals surface area contributed by atoms with Crippen molar-refractivity contribution in [3.63, 3.8) is 0 Å². The van der Waals surface area contributed by atoms with Crippen molar-refractivity contribution in [3.05, 3.63) is 70.7 Å². The molecule has 1 aliphatic rings. The van der Waals surface area contributed by atoms with Crippen LogP contribution < -0.4 is 15.6 Å². The average Bonchev–Trinajstić information content (AvgIpc) is 2.75. The summed E-state index contributed by atoms with van der Waals surface area (Å²) in [5.41, 5.74) is 0.989. The van der Waals surface area contributed by atoms with E-state index in [9.17, 15) is 14.4 Å². The predicted molar refractivity (Wildman–Crippen MR) is 107 cm³/mol. The molecule has 3 aromatic rings. The maximum Gasteiger partial charge on any atom is 0.308 e. The molecule has 4 rings (SSSR count). The van der Waals surface area contributed by atoms with E-state index in [0.717, 1.165) is 6.42 Å². The fraction of sp³-hybridized carbons (Fsp3) is 0.238. The van der Waals surface area contributed by atoms with Crippen LogP contribution in [0.1, 0.15) is 42.0 Å². The topological polar surface area (TPSA) is 116 Å². The fourth-order valence-electron chi connectivity index (χ4n) is 3.44. The zero-order chi connectivity index (χ0) is 21.1. The highest BCUT2D eigenvalue weighted by Gasteiger charge is 2.26. The summed E-state index contributed by atoms with van der Waals surface area (Å²) in [5, 5.41) is 2.93. The van der Waals surface area contributed by atoms with Gasteiger partial charge in [-0.25, -0.2) is 15.0 Å². The summed E-state index contributed by atoms with van der Waals surface area (Å²) >= 11 is 0. The van der Waals surface area contributed by atoms with E-state index in [1.807, 2.05) is 0 Å². The smallest absolute Gasteiger partial charge is 0.308 e. The van der Waals surface area contributed by atoms with Gasteiger partial charge in [-0.15, -0.1) is 0 Å². The van der Waals surface area contributed by atoms with Crippen molar-refractivity contribution in [1.29, 1.82) is 0 Å². The third-order valence-electron chi connectivity index (χ3n) is 4.76. The molecule has 9 heteroatoms. The average molecular weight is 405 g/mol. The van der Waals surface area contributed by atoms with Crippen LogP contribution in [-0.4, -0.2) is 31.4 Å². The molecule has 3 heterocycles. The summed E-state index contributed by atoms with van der Waals surface area (Å²) < 4.78 is 6.70. The lowest BCUT2D eigenvalue weighted by Gasteiger charge is -2.27. The second kappa shape index (κ2) is 8.24. The quantitative estimate of drug-likeness (QED) is 0.520. The Morgan fingerprint density at radius 3 is 2.80 bits per heavy atom. The molecule has 1 unspecified atom stereocenters. The molecule has 1 amide bonds. The summed E-state index contributed by atoms with van der Waals surface area (Å²) in [5.74, 6) is -0.271. The molecule has 1 aromatic carbocycles. The summed E-state index contributed by atoms with van der Waals surface area (Å²) in [6, 6.07) is 9.14. The minimum Gasteiger partial charge on any atom is -0.426 e. The van der Waals surface area contributed by atoms with Crippen LogP contribution in [0.2, 0.25) is 0 Å². The monoisotopic (exact) mass is 405 g/mol. The zero-order valence-electron chi connectivity index (χ0n) is 16.2. The zero-order valence-corrected chi connectivity index (χ0v) is 16.2. The Morgan fingerprint density at radius 1 is 1.20 bits per heavy atom. The number of amides is 1. The number of benzene rings is 1. The number of aromatic nitrogens is 4. The molecular formula is C21H19N5O4. The van der Waals surface area contributed by atoms with Gasteiger partial charge in [0.25, 0.3) is 11.5 Å². The van der Waals surface area contributed by atoms with E-state index >= 15 is 0 Å². The second-order valence-electron chi connectivity index (χ2n) is 6.84. The molecule has 0 radical (unpaired) electrons. The number of hydrogen-bond donors (Lipinski definition) is 1. The number of carbonyl (C=O) groups excluding carboxylic acids is 2. The molecule has 0 saturated carbocycles. The molecule has 0 fully saturated rings. The van der Waals surface area contributed by atoms with Gasteiger partial charge in [0.15, 0.2) is 0 Å². The van der Waals surface area contributed by atoms with Gasteiger partial charge in [-0.1, -0.05) is 12.1 Å². The SMILES string of the molecule is CC(=O)Oc1ccccc1C(=O)NC1CCCn2c1nc(-c1ccncn1)cc2=O. The van der Waals surface area contributed by atoms with Crippen LogP contribution in [0.4, 0.5) is 0 Å². The number of hydrogen-bond acceptors (Lipinski definition) is 7. The van der Waals surface area contributed by atoms with Crippen LogP contribution in [0.25, 0.3) is 11.4 Å². The fourth-order valence-corrected chi connectivity index (χ4v) is 3.44. The Bertz CT molecular complexity index is 1160. The summed E-state index contributed by atoms with van der Waals surface area (Å²) in [6.45, 7) is 1.80. The lowest BCUT2D eigenvalue weighted by atomic mass is 10.0. The number of nitrogens with zero attached hydrogens (tertiary/aromatic N) is 4. The van der Waals surface area contributed by atoms with Crippen LogP contribution in [0.15, 0.2) is 53.7 Å². The maximum atomic E-state index is 12.9. The van der Waals surface area contributed by atoms with Gasteiger partial charge < -0.3 is 10.1 Å². The van der Waals surface area contributed by atoms with Crippen LogP contribution in [0.3, 0.4) is 0 Å². The third kappa shape index (κ3) is 3.95. The Balaban J connectivity index is 1.67. The number of nitrogens with one attached hydrogen (secondary N) is 1. The molecule has 2 aromatic heterocycles. The van der Waals surface area contributed by atoms with Crippen molar-refractivity contribution < 1.29 is 14.3 Å². The summed E-state index contributed by atoms with van der Waals surface area (Å²) in [4.78, 5) is 49.6. The number of ether oxygens (including phenoxy) is 1. The van der Waals surface area contributed by atoms with Crippen molar-refractivity contribution in [2.75, 3.05) is 0 Å². The molecule has 9 nitrogen and oxygen atoms in total. The van der Waals surface area contributed by atoms with E-state index in [0.29, 0.717) is 30.2 Å². The Hall–Kier alpha value is -3.88. The van der Waals surface area contributed by atoms with Gasteiger partial charge >= 0.3 is 5.97 Å². The molecule has 0 spiro atoms. The van der Waals surface area contributed by atoms with E-state index in [-0.39, 0.29) is 16.9 Å². The molecule has 30 heavy (non-hydrogen) atoms. The highest BCUT2D eigenvalue weighted by Crippen LogP contribution is 2.26. The first-order chi connectivity index (χ1) is 14.5. The second-order valence-corrected chi connectivity index (χ2v) is 6.84. The van der Waals surface area contributed by atoms with Crippen LogP contribution in [0, 0.1) is 0 Å². The Labute approximate surface area is 171 Å². The van der Waals surface area contributed by atoms with E-state index in [2.05, 4.69) is 20.3 Å². The van der Waals surface area contributed by atoms with Crippen molar-refractivity contribution in [2.45, 2.75) is 32.4 Å². The minimum absolute atomic E-state index is 0.179. The van der Waals surface area contributed by atoms with Crippen molar-refractivity contribution >= 4 is 11.9 Å². The molecule has 0 saturated heterocycles. The highest BCUT2D eigenvalue weighted by atomic mass is 16.5. The van der Waals surface area contributed by atoms with Crippen molar-refractivity contribution in [2.24, 2.45) is 0 Å². The van der Waals surface area contributed by atoms with Crippen LogP contribution >= 0.6 is 0 Å². The molecule has 0 aliphatic carbocycles. The molecule has 0 bridgehead atoms. The molecule has 1 atom stereocenters.